The molecule has 0 unspecified atom stereocenters. The van der Waals surface area contributed by atoms with Crippen LogP contribution in [0.1, 0.15) is 50.4 Å². The van der Waals surface area contributed by atoms with Gasteiger partial charge in [0.25, 0.3) is 0 Å². The van der Waals surface area contributed by atoms with Crippen LogP contribution < -0.4 is 0 Å². The summed E-state index contributed by atoms with van der Waals surface area (Å²) in [5.41, 5.74) is 5.62. The summed E-state index contributed by atoms with van der Waals surface area (Å²) in [5.74, 6) is 0. The molecule has 0 saturated heterocycles. The number of rotatable bonds is 3. The molecule has 1 heterocycles. The van der Waals surface area contributed by atoms with Crippen LogP contribution in [0.4, 0.5) is 0 Å². The number of aromatic nitrogens is 1. The maximum absolute atomic E-state index is 6.38. The van der Waals surface area contributed by atoms with E-state index in [1.165, 1.54) is 47.8 Å². The Kier molecular flexibility index (Phi) is 3.98. The molecule has 0 aliphatic heterocycles. The molecule has 0 bridgehead atoms. The molecular formula is C19H29NOSi. The molecule has 0 fully saturated rings. The summed E-state index contributed by atoms with van der Waals surface area (Å²) in [7, 11) is -1.68. The zero-order valence-electron chi connectivity index (χ0n) is 14.7. The minimum Gasteiger partial charge on any atom is -0.413 e. The number of aromatic amines is 1. The average Bonchev–Trinajstić information content (AvgIpc) is 2.82. The topological polar surface area (TPSA) is 25.0 Å². The molecule has 0 saturated carbocycles. The first-order valence-electron chi connectivity index (χ1n) is 8.54. The van der Waals surface area contributed by atoms with Crippen LogP contribution >= 0.6 is 0 Å². The van der Waals surface area contributed by atoms with Gasteiger partial charge in [0.15, 0.2) is 8.32 Å². The highest BCUT2D eigenvalue weighted by Crippen LogP contribution is 2.37. The summed E-state index contributed by atoms with van der Waals surface area (Å²) < 4.78 is 6.38. The van der Waals surface area contributed by atoms with Crippen molar-refractivity contribution in [2.45, 2.75) is 71.2 Å². The van der Waals surface area contributed by atoms with Crippen molar-refractivity contribution in [2.75, 3.05) is 0 Å². The third-order valence-electron chi connectivity index (χ3n) is 5.57. The van der Waals surface area contributed by atoms with Crippen LogP contribution in [0.2, 0.25) is 18.1 Å². The first-order chi connectivity index (χ1) is 10.3. The Hall–Kier alpha value is -1.06. The van der Waals surface area contributed by atoms with Gasteiger partial charge in [0.05, 0.1) is 6.61 Å². The second kappa shape index (κ2) is 5.54. The van der Waals surface area contributed by atoms with E-state index >= 15 is 0 Å². The predicted octanol–water partition coefficient (Wildman–Crippen LogP) is 5.57. The number of benzene rings is 1. The smallest absolute Gasteiger partial charge is 0.192 e. The zero-order valence-corrected chi connectivity index (χ0v) is 15.7. The van der Waals surface area contributed by atoms with Crippen LogP contribution in [0.15, 0.2) is 18.2 Å². The molecule has 2 nitrogen and oxygen atoms in total. The van der Waals surface area contributed by atoms with Crippen LogP contribution in [0, 0.1) is 0 Å². The molecule has 3 heteroatoms. The average molecular weight is 316 g/mol. The van der Waals surface area contributed by atoms with Crippen molar-refractivity contribution in [3.05, 3.63) is 35.0 Å². The fourth-order valence-corrected chi connectivity index (χ4v) is 3.98. The van der Waals surface area contributed by atoms with Gasteiger partial charge in [-0.1, -0.05) is 26.8 Å². The molecule has 2 aromatic rings. The third kappa shape index (κ3) is 2.89. The van der Waals surface area contributed by atoms with Gasteiger partial charge in [-0.3, -0.25) is 0 Å². The Bertz CT molecular complexity index is 679. The van der Waals surface area contributed by atoms with Crippen molar-refractivity contribution in [1.82, 2.24) is 4.98 Å². The van der Waals surface area contributed by atoms with Crippen molar-refractivity contribution < 1.29 is 4.43 Å². The summed E-state index contributed by atoms with van der Waals surface area (Å²) >= 11 is 0. The van der Waals surface area contributed by atoms with Crippen molar-refractivity contribution in [3.8, 4) is 0 Å². The first-order valence-corrected chi connectivity index (χ1v) is 11.4. The Morgan fingerprint density at radius 3 is 2.59 bits per heavy atom. The highest BCUT2D eigenvalue weighted by atomic mass is 28.4. The Morgan fingerprint density at radius 1 is 1.14 bits per heavy atom. The molecule has 1 aliphatic carbocycles. The van der Waals surface area contributed by atoms with Crippen LogP contribution in [0.3, 0.4) is 0 Å². The van der Waals surface area contributed by atoms with Gasteiger partial charge in [0, 0.05) is 16.6 Å². The fourth-order valence-electron chi connectivity index (χ4n) is 3.02. The van der Waals surface area contributed by atoms with E-state index in [0.717, 1.165) is 6.61 Å². The van der Waals surface area contributed by atoms with E-state index in [1.54, 1.807) is 5.56 Å². The Labute approximate surface area is 135 Å². The van der Waals surface area contributed by atoms with Crippen molar-refractivity contribution in [3.63, 3.8) is 0 Å². The number of nitrogens with one attached hydrogen (secondary N) is 1. The van der Waals surface area contributed by atoms with Gasteiger partial charge in [-0.2, -0.15) is 0 Å². The van der Waals surface area contributed by atoms with Crippen molar-refractivity contribution in [1.29, 1.82) is 0 Å². The molecule has 0 spiro atoms. The molecule has 120 valence electrons. The second-order valence-electron chi connectivity index (χ2n) is 8.22. The molecule has 1 aliphatic rings. The van der Waals surface area contributed by atoms with Gasteiger partial charge in [0.2, 0.25) is 0 Å². The van der Waals surface area contributed by atoms with Gasteiger partial charge in [-0.05, 0) is 67.1 Å². The molecule has 0 atom stereocenters. The number of hydrogen-bond donors (Lipinski definition) is 1. The molecule has 3 rings (SSSR count). The lowest BCUT2D eigenvalue weighted by Crippen LogP contribution is -2.40. The second-order valence-corrected chi connectivity index (χ2v) is 13.0. The van der Waals surface area contributed by atoms with Gasteiger partial charge < -0.3 is 9.41 Å². The van der Waals surface area contributed by atoms with Gasteiger partial charge in [-0.25, -0.2) is 0 Å². The lowest BCUT2D eigenvalue weighted by Gasteiger charge is -2.36. The number of H-pyrrole nitrogens is 1. The van der Waals surface area contributed by atoms with Gasteiger partial charge in [0.1, 0.15) is 0 Å². The van der Waals surface area contributed by atoms with E-state index in [0.29, 0.717) is 0 Å². The van der Waals surface area contributed by atoms with E-state index in [1.807, 2.05) is 0 Å². The molecule has 1 aromatic heterocycles. The van der Waals surface area contributed by atoms with Crippen molar-refractivity contribution >= 4 is 19.2 Å². The largest absolute Gasteiger partial charge is 0.413 e. The molecule has 1 aromatic carbocycles. The standard InChI is InChI=1S/C19H29NOSi/c1-19(2,3)22(4,5)21-13-14-10-11-18-16(12-14)15-8-6-7-9-17(15)20-18/h10-12,20H,6-9,13H2,1-5H3. The van der Waals surface area contributed by atoms with E-state index in [-0.39, 0.29) is 5.04 Å². The third-order valence-corrected chi connectivity index (χ3v) is 10.0. The Balaban J connectivity index is 1.83. The molecule has 0 radical (unpaired) electrons. The highest BCUT2D eigenvalue weighted by Gasteiger charge is 2.37. The fraction of sp³-hybridized carbons (Fsp3) is 0.579. The van der Waals surface area contributed by atoms with Crippen LogP contribution in [-0.4, -0.2) is 13.3 Å². The maximum Gasteiger partial charge on any atom is 0.192 e. The van der Waals surface area contributed by atoms with Crippen LogP contribution in [0.5, 0.6) is 0 Å². The van der Waals surface area contributed by atoms with E-state index in [4.69, 9.17) is 4.43 Å². The number of aryl methyl sites for hydroxylation is 2. The monoisotopic (exact) mass is 315 g/mol. The quantitative estimate of drug-likeness (QED) is 0.736. The van der Waals surface area contributed by atoms with Gasteiger partial charge in [-0.15, -0.1) is 0 Å². The van der Waals surface area contributed by atoms with Crippen LogP contribution in [-0.2, 0) is 23.9 Å². The zero-order chi connectivity index (χ0) is 16.0. The van der Waals surface area contributed by atoms with Crippen molar-refractivity contribution in [2.24, 2.45) is 0 Å². The first kappa shape index (κ1) is 15.8. The Morgan fingerprint density at radius 2 is 1.86 bits per heavy atom. The SMILES string of the molecule is CC(C)(C)[Si](C)(C)OCc1ccc2[nH]c3c(c2c1)CCCC3. The lowest BCUT2D eigenvalue weighted by atomic mass is 9.95. The maximum atomic E-state index is 6.38. The van der Waals surface area contributed by atoms with Crippen LogP contribution in [0.25, 0.3) is 10.9 Å². The normalized spacial score (nSPS) is 16.0. The minimum atomic E-state index is -1.68. The molecule has 1 N–H and O–H groups in total. The molecule has 0 amide bonds. The summed E-state index contributed by atoms with van der Waals surface area (Å²) in [6.07, 6.45) is 5.08. The highest BCUT2D eigenvalue weighted by molar-refractivity contribution is 6.74. The van der Waals surface area contributed by atoms with E-state index in [2.05, 4.69) is 57.0 Å². The summed E-state index contributed by atoms with van der Waals surface area (Å²) in [6.45, 7) is 12.3. The van der Waals surface area contributed by atoms with E-state index in [9.17, 15) is 0 Å². The van der Waals surface area contributed by atoms with Gasteiger partial charge >= 0.3 is 0 Å². The number of fused-ring (bicyclic) bond motifs is 3. The van der Waals surface area contributed by atoms with E-state index < -0.39 is 8.32 Å². The number of hydrogen-bond acceptors (Lipinski definition) is 1. The molecular weight excluding hydrogens is 286 g/mol. The minimum absolute atomic E-state index is 0.268. The molecule has 22 heavy (non-hydrogen) atoms. The summed E-state index contributed by atoms with van der Waals surface area (Å²) in [5, 5.41) is 1.69. The summed E-state index contributed by atoms with van der Waals surface area (Å²) in [4.78, 5) is 3.61. The summed E-state index contributed by atoms with van der Waals surface area (Å²) in [6, 6.07) is 6.80. The predicted molar refractivity (Wildman–Crippen MR) is 96.9 cm³/mol. The lowest BCUT2D eigenvalue weighted by molar-refractivity contribution is 0.276.